The molecule has 0 unspecified atom stereocenters. The van der Waals surface area contributed by atoms with Crippen molar-refractivity contribution in [2.24, 2.45) is 0 Å². The lowest BCUT2D eigenvalue weighted by Gasteiger charge is -2.03. The van der Waals surface area contributed by atoms with E-state index >= 15 is 0 Å². The van der Waals surface area contributed by atoms with Crippen LogP contribution in [0.2, 0.25) is 0 Å². The molecule has 2 aromatic rings. The van der Waals surface area contributed by atoms with Gasteiger partial charge >= 0.3 is 0 Å². The van der Waals surface area contributed by atoms with Gasteiger partial charge in [-0.05, 0) is 17.2 Å². The molecule has 0 aliphatic heterocycles. The standard InChI is InChI=1S/C13H10Br/c14-13-9-5-4-8-12(13)10-11-6-2-1-3-7-11/h1-10H. The van der Waals surface area contributed by atoms with E-state index in [0.29, 0.717) is 0 Å². The SMILES string of the molecule is Brc1ccccc1[CH]c1ccccc1. The van der Waals surface area contributed by atoms with Crippen molar-refractivity contribution in [1.29, 1.82) is 0 Å². The smallest absolute Gasteiger partial charge is 0.0213 e. The van der Waals surface area contributed by atoms with Crippen molar-refractivity contribution in [3.8, 4) is 0 Å². The molecule has 0 spiro atoms. The Morgan fingerprint density at radius 3 is 2.14 bits per heavy atom. The fraction of sp³-hybridized carbons (Fsp3) is 0. The molecular weight excluding hydrogens is 236 g/mol. The molecule has 0 heterocycles. The molecule has 1 radical (unpaired) electrons. The van der Waals surface area contributed by atoms with Gasteiger partial charge in [-0.2, -0.15) is 0 Å². The molecule has 0 fully saturated rings. The third kappa shape index (κ3) is 2.24. The summed E-state index contributed by atoms with van der Waals surface area (Å²) in [6.45, 7) is 0. The Kier molecular flexibility index (Phi) is 3.00. The largest absolute Gasteiger partial charge is 0.0622 e. The molecule has 0 saturated heterocycles. The van der Waals surface area contributed by atoms with Crippen LogP contribution in [-0.4, -0.2) is 0 Å². The highest BCUT2D eigenvalue weighted by Crippen LogP contribution is 2.20. The summed E-state index contributed by atoms with van der Waals surface area (Å²) in [5.74, 6) is 0. The van der Waals surface area contributed by atoms with E-state index in [1.165, 1.54) is 11.1 Å². The molecule has 0 bridgehead atoms. The second-order valence-corrected chi connectivity index (χ2v) is 3.93. The molecule has 0 saturated carbocycles. The molecule has 2 rings (SSSR count). The van der Waals surface area contributed by atoms with E-state index in [0.717, 1.165) is 4.47 Å². The highest BCUT2D eigenvalue weighted by Gasteiger charge is 1.99. The van der Waals surface area contributed by atoms with E-state index in [9.17, 15) is 0 Å². The van der Waals surface area contributed by atoms with E-state index in [1.807, 2.05) is 30.3 Å². The summed E-state index contributed by atoms with van der Waals surface area (Å²) >= 11 is 3.52. The van der Waals surface area contributed by atoms with Crippen molar-refractivity contribution < 1.29 is 0 Å². The Bertz CT molecular complexity index is 407. The molecule has 0 aromatic heterocycles. The summed E-state index contributed by atoms with van der Waals surface area (Å²) in [7, 11) is 0. The van der Waals surface area contributed by atoms with Crippen LogP contribution in [0.15, 0.2) is 59.1 Å². The van der Waals surface area contributed by atoms with Crippen molar-refractivity contribution in [1.82, 2.24) is 0 Å². The highest BCUT2D eigenvalue weighted by molar-refractivity contribution is 9.10. The number of rotatable bonds is 2. The van der Waals surface area contributed by atoms with E-state index in [-0.39, 0.29) is 0 Å². The highest BCUT2D eigenvalue weighted by atomic mass is 79.9. The zero-order chi connectivity index (χ0) is 9.80. The average molecular weight is 246 g/mol. The first-order chi connectivity index (χ1) is 6.86. The number of benzene rings is 2. The third-order valence-electron chi connectivity index (χ3n) is 2.03. The van der Waals surface area contributed by atoms with Crippen LogP contribution in [0.4, 0.5) is 0 Å². The minimum atomic E-state index is 1.13. The molecule has 0 aliphatic rings. The topological polar surface area (TPSA) is 0 Å². The molecule has 0 N–H and O–H groups in total. The minimum absolute atomic E-state index is 1.13. The molecule has 69 valence electrons. The third-order valence-corrected chi connectivity index (χ3v) is 2.75. The molecule has 0 amide bonds. The first-order valence-electron chi connectivity index (χ1n) is 4.50. The Hall–Kier alpha value is -1.08. The van der Waals surface area contributed by atoms with Gasteiger partial charge in [-0.15, -0.1) is 0 Å². The second kappa shape index (κ2) is 4.43. The van der Waals surface area contributed by atoms with E-state index < -0.39 is 0 Å². The van der Waals surface area contributed by atoms with Gasteiger partial charge in [0.15, 0.2) is 0 Å². The lowest BCUT2D eigenvalue weighted by Crippen LogP contribution is -1.85. The van der Waals surface area contributed by atoms with Crippen molar-refractivity contribution in [2.45, 2.75) is 0 Å². The van der Waals surface area contributed by atoms with Crippen LogP contribution >= 0.6 is 15.9 Å². The molecule has 0 atom stereocenters. The van der Waals surface area contributed by atoms with Crippen molar-refractivity contribution >= 4 is 15.9 Å². The normalized spacial score (nSPS) is 10.1. The van der Waals surface area contributed by atoms with Crippen molar-refractivity contribution in [3.63, 3.8) is 0 Å². The maximum Gasteiger partial charge on any atom is 0.0213 e. The fourth-order valence-electron chi connectivity index (χ4n) is 1.32. The lowest BCUT2D eigenvalue weighted by atomic mass is 10.1. The summed E-state index contributed by atoms with van der Waals surface area (Å²) in [5.41, 5.74) is 2.43. The summed E-state index contributed by atoms with van der Waals surface area (Å²) in [5, 5.41) is 0. The molecular formula is C13H10Br. The van der Waals surface area contributed by atoms with Crippen LogP contribution in [0, 0.1) is 6.42 Å². The van der Waals surface area contributed by atoms with Gasteiger partial charge in [0.1, 0.15) is 0 Å². The van der Waals surface area contributed by atoms with Gasteiger partial charge in [0.2, 0.25) is 0 Å². The molecule has 0 aliphatic carbocycles. The summed E-state index contributed by atoms with van der Waals surface area (Å²) in [6.07, 6.45) is 2.16. The number of hydrogen-bond acceptors (Lipinski definition) is 0. The molecule has 1 heteroatoms. The molecule has 0 nitrogen and oxygen atoms in total. The Morgan fingerprint density at radius 2 is 1.43 bits per heavy atom. The number of hydrogen-bond donors (Lipinski definition) is 0. The fourth-order valence-corrected chi connectivity index (χ4v) is 1.72. The van der Waals surface area contributed by atoms with Gasteiger partial charge in [-0.1, -0.05) is 64.5 Å². The maximum atomic E-state index is 3.52. The van der Waals surface area contributed by atoms with Gasteiger partial charge in [0, 0.05) is 10.9 Å². The molecule has 14 heavy (non-hydrogen) atoms. The van der Waals surface area contributed by atoms with Gasteiger partial charge < -0.3 is 0 Å². The predicted molar refractivity (Wildman–Crippen MR) is 63.1 cm³/mol. The minimum Gasteiger partial charge on any atom is -0.0622 e. The first-order valence-corrected chi connectivity index (χ1v) is 5.30. The second-order valence-electron chi connectivity index (χ2n) is 3.08. The van der Waals surface area contributed by atoms with Gasteiger partial charge in [-0.25, -0.2) is 0 Å². The van der Waals surface area contributed by atoms with Crippen LogP contribution in [-0.2, 0) is 0 Å². The monoisotopic (exact) mass is 245 g/mol. The van der Waals surface area contributed by atoms with Gasteiger partial charge in [0.25, 0.3) is 0 Å². The summed E-state index contributed by atoms with van der Waals surface area (Å²) < 4.78 is 1.13. The zero-order valence-corrected chi connectivity index (χ0v) is 9.24. The quantitative estimate of drug-likeness (QED) is 0.749. The van der Waals surface area contributed by atoms with Gasteiger partial charge in [0.05, 0.1) is 0 Å². The Labute approximate surface area is 92.7 Å². The first kappa shape index (κ1) is 9.47. The maximum absolute atomic E-state index is 3.52. The van der Waals surface area contributed by atoms with E-state index in [4.69, 9.17) is 0 Å². The molecule has 2 aromatic carbocycles. The predicted octanol–water partition coefficient (Wildman–Crippen LogP) is 4.05. The summed E-state index contributed by atoms with van der Waals surface area (Å²) in [6, 6.07) is 18.5. The van der Waals surface area contributed by atoms with Crippen molar-refractivity contribution in [3.05, 3.63) is 76.6 Å². The van der Waals surface area contributed by atoms with Crippen LogP contribution in [0.25, 0.3) is 0 Å². The lowest BCUT2D eigenvalue weighted by molar-refractivity contribution is 1.41. The van der Waals surface area contributed by atoms with E-state index in [2.05, 4.69) is 46.6 Å². The van der Waals surface area contributed by atoms with E-state index in [1.54, 1.807) is 0 Å². The van der Waals surface area contributed by atoms with Crippen LogP contribution < -0.4 is 0 Å². The van der Waals surface area contributed by atoms with Crippen LogP contribution in [0.3, 0.4) is 0 Å². The zero-order valence-electron chi connectivity index (χ0n) is 7.65. The van der Waals surface area contributed by atoms with Crippen molar-refractivity contribution in [2.75, 3.05) is 0 Å². The van der Waals surface area contributed by atoms with Gasteiger partial charge in [-0.3, -0.25) is 0 Å². The average Bonchev–Trinajstić information content (AvgIpc) is 2.23. The van der Waals surface area contributed by atoms with Crippen LogP contribution in [0.5, 0.6) is 0 Å². The van der Waals surface area contributed by atoms with Crippen LogP contribution in [0.1, 0.15) is 11.1 Å². The Morgan fingerprint density at radius 1 is 0.786 bits per heavy atom. The number of halogens is 1. The Balaban J connectivity index is 2.24. The summed E-state index contributed by atoms with van der Waals surface area (Å²) in [4.78, 5) is 0.